The first-order chi connectivity index (χ1) is 9.77. The van der Waals surface area contributed by atoms with Gasteiger partial charge in [0, 0.05) is 33.9 Å². The van der Waals surface area contributed by atoms with Crippen LogP contribution < -0.4 is 0 Å². The van der Waals surface area contributed by atoms with Crippen molar-refractivity contribution in [2.75, 3.05) is 7.05 Å². The normalized spacial score (nSPS) is 12.3. The zero-order valence-electron chi connectivity index (χ0n) is 11.9. The summed E-state index contributed by atoms with van der Waals surface area (Å²) in [6, 6.07) is 1.89. The van der Waals surface area contributed by atoms with Crippen LogP contribution in [0.25, 0.3) is 0 Å². The molecular formula is C13H16BrNO4S2. The number of aliphatic hydroxyl groups is 1. The first kappa shape index (κ1) is 16.7. The summed E-state index contributed by atoms with van der Waals surface area (Å²) in [4.78, 5) is 0.997. The van der Waals surface area contributed by atoms with Gasteiger partial charge in [0.15, 0.2) is 0 Å². The molecule has 2 heterocycles. The molecule has 0 spiro atoms. The van der Waals surface area contributed by atoms with Gasteiger partial charge < -0.3 is 9.52 Å². The van der Waals surface area contributed by atoms with Crippen molar-refractivity contribution in [3.8, 4) is 0 Å². The molecule has 0 amide bonds. The highest BCUT2D eigenvalue weighted by Crippen LogP contribution is 2.30. The average Bonchev–Trinajstić information content (AvgIpc) is 2.92. The Labute approximate surface area is 136 Å². The Morgan fingerprint density at radius 1 is 1.38 bits per heavy atom. The van der Waals surface area contributed by atoms with E-state index in [4.69, 9.17) is 4.42 Å². The molecule has 5 nitrogen and oxygen atoms in total. The summed E-state index contributed by atoms with van der Waals surface area (Å²) in [7, 11) is -2.19. The molecule has 8 heteroatoms. The van der Waals surface area contributed by atoms with E-state index in [9.17, 15) is 13.5 Å². The predicted molar refractivity (Wildman–Crippen MR) is 84.8 cm³/mol. The number of thiophene rings is 1. The number of hydrogen-bond donors (Lipinski definition) is 1. The van der Waals surface area contributed by atoms with Gasteiger partial charge in [0.25, 0.3) is 0 Å². The second-order valence-corrected chi connectivity index (χ2v) is 8.57. The monoisotopic (exact) mass is 393 g/mol. The van der Waals surface area contributed by atoms with Crippen molar-refractivity contribution in [2.45, 2.75) is 31.9 Å². The molecule has 2 aromatic heterocycles. The second kappa shape index (κ2) is 6.21. The van der Waals surface area contributed by atoms with Crippen molar-refractivity contribution in [2.24, 2.45) is 0 Å². The van der Waals surface area contributed by atoms with Crippen molar-refractivity contribution >= 4 is 37.3 Å². The van der Waals surface area contributed by atoms with Gasteiger partial charge >= 0.3 is 0 Å². The number of rotatable bonds is 5. The maximum atomic E-state index is 12.7. The van der Waals surface area contributed by atoms with E-state index in [0.717, 1.165) is 9.35 Å². The first-order valence-corrected chi connectivity index (χ1v) is 9.27. The fraction of sp³-hybridized carbons (Fsp3) is 0.385. The molecule has 0 atom stereocenters. The van der Waals surface area contributed by atoms with Gasteiger partial charge in [0.1, 0.15) is 16.4 Å². The third kappa shape index (κ3) is 3.24. The Morgan fingerprint density at radius 2 is 2.05 bits per heavy atom. The standard InChI is InChI=1S/C13H16BrNO4S2/c1-8-12(6-16)13(9(2)19-8)21(17,18)15(3)5-11-4-10(14)7-20-11/h4,7,16H,5-6H2,1-3H3. The highest BCUT2D eigenvalue weighted by molar-refractivity contribution is 9.10. The van der Waals surface area contributed by atoms with Gasteiger partial charge in [-0.15, -0.1) is 11.3 Å². The van der Waals surface area contributed by atoms with Gasteiger partial charge in [-0.1, -0.05) is 0 Å². The van der Waals surface area contributed by atoms with Gasteiger partial charge in [-0.05, 0) is 35.8 Å². The second-order valence-electron chi connectivity index (χ2n) is 4.67. The summed E-state index contributed by atoms with van der Waals surface area (Å²) in [6.45, 7) is 3.14. The van der Waals surface area contributed by atoms with E-state index in [1.54, 1.807) is 13.8 Å². The van der Waals surface area contributed by atoms with Crippen LogP contribution in [0.5, 0.6) is 0 Å². The maximum Gasteiger partial charge on any atom is 0.246 e. The third-order valence-corrected chi connectivity index (χ3v) is 6.83. The van der Waals surface area contributed by atoms with Crippen LogP contribution in [0.4, 0.5) is 0 Å². The average molecular weight is 394 g/mol. The molecule has 0 fully saturated rings. The van der Waals surface area contributed by atoms with E-state index in [-0.39, 0.29) is 18.0 Å². The molecule has 21 heavy (non-hydrogen) atoms. The Morgan fingerprint density at radius 3 is 2.57 bits per heavy atom. The predicted octanol–water partition coefficient (Wildman–Crippen LogP) is 3.03. The third-order valence-electron chi connectivity index (χ3n) is 3.15. The molecule has 0 unspecified atom stereocenters. The quantitative estimate of drug-likeness (QED) is 0.847. The lowest BCUT2D eigenvalue weighted by atomic mass is 10.2. The molecule has 0 radical (unpaired) electrons. The maximum absolute atomic E-state index is 12.7. The lowest BCUT2D eigenvalue weighted by molar-refractivity contribution is 0.276. The Kier molecular flexibility index (Phi) is 4.94. The zero-order valence-corrected chi connectivity index (χ0v) is 15.1. The molecule has 0 saturated heterocycles. The number of furan rings is 1. The molecular weight excluding hydrogens is 378 g/mol. The Bertz CT molecular complexity index is 748. The Balaban J connectivity index is 2.37. The number of nitrogens with zero attached hydrogens (tertiary/aromatic N) is 1. The fourth-order valence-corrected chi connectivity index (χ4v) is 5.26. The number of aliphatic hydroxyl groups excluding tert-OH is 1. The molecule has 0 aliphatic heterocycles. The molecule has 0 aliphatic carbocycles. The highest BCUT2D eigenvalue weighted by atomic mass is 79.9. The van der Waals surface area contributed by atoms with E-state index in [0.29, 0.717) is 17.1 Å². The smallest absolute Gasteiger partial charge is 0.246 e. The van der Waals surface area contributed by atoms with Crippen LogP contribution in [0.2, 0.25) is 0 Å². The van der Waals surface area contributed by atoms with Crippen LogP contribution >= 0.6 is 27.3 Å². The van der Waals surface area contributed by atoms with Crippen LogP contribution in [0.15, 0.2) is 25.2 Å². The van der Waals surface area contributed by atoms with Crippen molar-refractivity contribution in [3.63, 3.8) is 0 Å². The molecule has 0 aliphatic rings. The number of sulfonamides is 1. The summed E-state index contributed by atoms with van der Waals surface area (Å²) in [5, 5.41) is 11.3. The van der Waals surface area contributed by atoms with Gasteiger partial charge in [0.05, 0.1) is 6.61 Å². The van der Waals surface area contributed by atoms with E-state index in [1.165, 1.54) is 22.7 Å². The van der Waals surface area contributed by atoms with Crippen LogP contribution in [-0.4, -0.2) is 24.9 Å². The molecule has 116 valence electrons. The number of aryl methyl sites for hydroxylation is 2. The summed E-state index contributed by atoms with van der Waals surface area (Å²) in [5.74, 6) is 0.733. The van der Waals surface area contributed by atoms with Gasteiger partial charge in [-0.25, -0.2) is 8.42 Å². The van der Waals surface area contributed by atoms with Crippen LogP contribution in [0.3, 0.4) is 0 Å². The molecule has 2 rings (SSSR count). The highest BCUT2D eigenvalue weighted by Gasteiger charge is 2.30. The van der Waals surface area contributed by atoms with E-state index < -0.39 is 10.0 Å². The molecule has 2 aromatic rings. The molecule has 0 saturated carbocycles. The van der Waals surface area contributed by atoms with E-state index in [1.807, 2.05) is 11.4 Å². The minimum atomic E-state index is -3.71. The summed E-state index contributed by atoms with van der Waals surface area (Å²) in [5.41, 5.74) is 0.326. The summed E-state index contributed by atoms with van der Waals surface area (Å²) >= 11 is 4.83. The number of halogens is 1. The van der Waals surface area contributed by atoms with E-state index >= 15 is 0 Å². The minimum Gasteiger partial charge on any atom is -0.465 e. The topological polar surface area (TPSA) is 70.8 Å². The number of hydrogen-bond acceptors (Lipinski definition) is 5. The van der Waals surface area contributed by atoms with Crippen molar-refractivity contribution in [3.05, 3.63) is 37.9 Å². The SMILES string of the molecule is Cc1oc(C)c(S(=O)(=O)N(C)Cc2cc(Br)cs2)c1CO. The van der Waals surface area contributed by atoms with Crippen molar-refractivity contribution < 1.29 is 17.9 Å². The Hall–Kier alpha value is -0.670. The van der Waals surface area contributed by atoms with Gasteiger partial charge in [0.2, 0.25) is 10.0 Å². The summed E-state index contributed by atoms with van der Waals surface area (Å²) < 4.78 is 33.0. The van der Waals surface area contributed by atoms with E-state index in [2.05, 4.69) is 15.9 Å². The van der Waals surface area contributed by atoms with Crippen molar-refractivity contribution in [1.82, 2.24) is 4.31 Å². The minimum absolute atomic E-state index is 0.0700. The van der Waals surface area contributed by atoms with Crippen molar-refractivity contribution in [1.29, 1.82) is 0 Å². The van der Waals surface area contributed by atoms with Crippen LogP contribution in [0, 0.1) is 13.8 Å². The fourth-order valence-electron chi connectivity index (χ4n) is 2.13. The lowest BCUT2D eigenvalue weighted by Crippen LogP contribution is -2.27. The van der Waals surface area contributed by atoms with Gasteiger partial charge in [-0.3, -0.25) is 0 Å². The summed E-state index contributed by atoms with van der Waals surface area (Å²) in [6.07, 6.45) is 0. The largest absolute Gasteiger partial charge is 0.465 e. The van der Waals surface area contributed by atoms with Crippen LogP contribution in [0.1, 0.15) is 22.0 Å². The zero-order chi connectivity index (χ0) is 15.8. The molecule has 0 aromatic carbocycles. The lowest BCUT2D eigenvalue weighted by Gasteiger charge is -2.16. The van der Waals surface area contributed by atoms with Gasteiger partial charge in [-0.2, -0.15) is 4.31 Å². The first-order valence-electron chi connectivity index (χ1n) is 6.16. The molecule has 1 N–H and O–H groups in total. The van der Waals surface area contributed by atoms with Crippen LogP contribution in [-0.2, 0) is 23.2 Å². The molecule has 0 bridgehead atoms.